The van der Waals surface area contributed by atoms with E-state index in [0.29, 0.717) is 10.0 Å². The van der Waals surface area contributed by atoms with Crippen LogP contribution in [0.3, 0.4) is 0 Å². The third-order valence-corrected chi connectivity index (χ3v) is 4.89. The molecule has 2 nitrogen and oxygen atoms in total. The van der Waals surface area contributed by atoms with E-state index < -0.39 is 0 Å². The molecule has 0 aliphatic carbocycles. The predicted octanol–water partition coefficient (Wildman–Crippen LogP) is 6.26. The molecule has 0 spiro atoms. The van der Waals surface area contributed by atoms with E-state index in [2.05, 4.69) is 40.3 Å². The minimum atomic E-state index is 0.662. The molecule has 1 N–H and O–H groups in total. The number of imidazole rings is 1. The molecular formula is C21H22Cl2N2. The van der Waals surface area contributed by atoms with Crippen LogP contribution in [0.4, 0.5) is 0 Å². The lowest BCUT2D eigenvalue weighted by molar-refractivity contribution is 0.665. The van der Waals surface area contributed by atoms with Crippen molar-refractivity contribution < 1.29 is 0 Å². The second kappa shape index (κ2) is 9.07. The average Bonchev–Trinajstić information content (AvgIpc) is 3.05. The van der Waals surface area contributed by atoms with Gasteiger partial charge in [-0.3, -0.25) is 0 Å². The van der Waals surface area contributed by atoms with Gasteiger partial charge in [-0.2, -0.15) is 0 Å². The second-order valence-electron chi connectivity index (χ2n) is 6.31. The molecule has 2 aromatic carbocycles. The number of aromatic nitrogens is 2. The van der Waals surface area contributed by atoms with Crippen LogP contribution in [0.2, 0.25) is 10.0 Å². The van der Waals surface area contributed by atoms with E-state index in [1.54, 1.807) is 6.07 Å². The van der Waals surface area contributed by atoms with E-state index in [0.717, 1.165) is 42.8 Å². The minimum Gasteiger partial charge on any atom is -0.346 e. The Morgan fingerprint density at radius 1 is 0.880 bits per heavy atom. The van der Waals surface area contributed by atoms with Crippen LogP contribution < -0.4 is 0 Å². The Kier molecular flexibility index (Phi) is 6.55. The van der Waals surface area contributed by atoms with Crippen molar-refractivity contribution in [2.24, 2.45) is 0 Å². The first-order valence-corrected chi connectivity index (χ1v) is 9.47. The Hall–Kier alpha value is -1.77. The van der Waals surface area contributed by atoms with Crippen molar-refractivity contribution in [1.82, 2.24) is 9.97 Å². The molecule has 0 radical (unpaired) electrons. The number of hydrogen-bond donors (Lipinski definition) is 1. The number of nitrogens with one attached hydrogen (secondary N) is 1. The highest BCUT2D eigenvalue weighted by Crippen LogP contribution is 2.23. The van der Waals surface area contributed by atoms with Crippen molar-refractivity contribution >= 4 is 23.2 Å². The quantitative estimate of drug-likeness (QED) is 0.464. The van der Waals surface area contributed by atoms with E-state index >= 15 is 0 Å². The lowest BCUT2D eigenvalue weighted by Crippen LogP contribution is -1.93. The monoisotopic (exact) mass is 372 g/mol. The molecule has 1 heterocycles. The number of halogens is 2. The van der Waals surface area contributed by atoms with Gasteiger partial charge in [0.15, 0.2) is 0 Å². The number of aryl methyl sites for hydroxylation is 2. The van der Waals surface area contributed by atoms with Crippen molar-refractivity contribution in [2.45, 2.75) is 38.5 Å². The van der Waals surface area contributed by atoms with Crippen LogP contribution >= 0.6 is 23.2 Å². The normalized spacial score (nSPS) is 11.0. The molecule has 0 amide bonds. The molecule has 0 unspecified atom stereocenters. The maximum absolute atomic E-state index is 6.24. The summed E-state index contributed by atoms with van der Waals surface area (Å²) in [6.45, 7) is 0. The Balaban J connectivity index is 1.42. The summed E-state index contributed by atoms with van der Waals surface area (Å²) >= 11 is 12.2. The number of hydrogen-bond acceptors (Lipinski definition) is 1. The highest BCUT2D eigenvalue weighted by atomic mass is 35.5. The third-order valence-electron chi connectivity index (χ3n) is 4.30. The number of rotatable bonds is 8. The van der Waals surface area contributed by atoms with Crippen LogP contribution in [0, 0.1) is 0 Å². The fraction of sp³-hybridized carbons (Fsp3) is 0.286. The van der Waals surface area contributed by atoms with Gasteiger partial charge < -0.3 is 4.98 Å². The van der Waals surface area contributed by atoms with Crippen molar-refractivity contribution in [1.29, 1.82) is 0 Å². The van der Waals surface area contributed by atoms with Gasteiger partial charge in [-0.15, -0.1) is 0 Å². The highest BCUT2D eigenvalue weighted by Gasteiger charge is 2.06. The van der Waals surface area contributed by atoms with Gasteiger partial charge in [0.2, 0.25) is 0 Å². The highest BCUT2D eigenvalue weighted by molar-refractivity contribution is 6.35. The lowest BCUT2D eigenvalue weighted by atomic mass is 10.1. The molecule has 1 aromatic heterocycles. The topological polar surface area (TPSA) is 28.7 Å². The van der Waals surface area contributed by atoms with Crippen LogP contribution in [-0.4, -0.2) is 9.97 Å². The van der Waals surface area contributed by atoms with Crippen molar-refractivity contribution in [3.63, 3.8) is 0 Å². The smallest absolute Gasteiger partial charge is 0.106 e. The standard InChI is InChI=1S/C21H22Cl2N2/c22-18-12-11-17(20(23)14-18)13-19-15-24-21(25-19)10-6-2-5-9-16-7-3-1-4-8-16/h1,3-4,7-8,11-12,14-15H,2,5-6,9-10,13H2,(H,24,25). The zero-order chi connectivity index (χ0) is 17.5. The number of aromatic amines is 1. The Labute approximate surface area is 159 Å². The van der Waals surface area contributed by atoms with Crippen LogP contribution in [-0.2, 0) is 19.3 Å². The van der Waals surface area contributed by atoms with E-state index in [9.17, 15) is 0 Å². The fourth-order valence-corrected chi connectivity index (χ4v) is 3.41. The predicted molar refractivity (Wildman–Crippen MR) is 106 cm³/mol. The van der Waals surface area contributed by atoms with E-state index in [1.807, 2.05) is 18.3 Å². The number of nitrogens with zero attached hydrogens (tertiary/aromatic N) is 1. The fourth-order valence-electron chi connectivity index (χ4n) is 2.94. The van der Waals surface area contributed by atoms with Crippen LogP contribution in [0.1, 0.15) is 41.9 Å². The molecule has 0 aliphatic rings. The largest absolute Gasteiger partial charge is 0.346 e. The summed E-state index contributed by atoms with van der Waals surface area (Å²) in [5.74, 6) is 1.06. The Morgan fingerprint density at radius 3 is 2.48 bits per heavy atom. The van der Waals surface area contributed by atoms with Gasteiger partial charge >= 0.3 is 0 Å². The molecule has 3 aromatic rings. The van der Waals surface area contributed by atoms with E-state index in [4.69, 9.17) is 23.2 Å². The zero-order valence-electron chi connectivity index (χ0n) is 14.1. The maximum Gasteiger partial charge on any atom is 0.106 e. The Bertz CT molecular complexity index is 797. The summed E-state index contributed by atoms with van der Waals surface area (Å²) in [5.41, 5.74) is 3.57. The van der Waals surface area contributed by atoms with Gasteiger partial charge in [0.25, 0.3) is 0 Å². The van der Waals surface area contributed by atoms with E-state index in [1.165, 1.54) is 18.4 Å². The summed E-state index contributed by atoms with van der Waals surface area (Å²) in [4.78, 5) is 7.90. The average molecular weight is 373 g/mol. The number of benzene rings is 2. The summed E-state index contributed by atoms with van der Waals surface area (Å²) in [7, 11) is 0. The van der Waals surface area contributed by atoms with Gasteiger partial charge in [0, 0.05) is 34.8 Å². The number of H-pyrrole nitrogens is 1. The molecule has 0 bridgehead atoms. The summed E-state index contributed by atoms with van der Waals surface area (Å²) < 4.78 is 0. The van der Waals surface area contributed by atoms with Gasteiger partial charge in [-0.1, -0.05) is 66.0 Å². The Morgan fingerprint density at radius 2 is 1.68 bits per heavy atom. The van der Waals surface area contributed by atoms with Crippen LogP contribution in [0.15, 0.2) is 54.7 Å². The molecule has 25 heavy (non-hydrogen) atoms. The summed E-state index contributed by atoms with van der Waals surface area (Å²) in [6.07, 6.45) is 8.39. The molecule has 130 valence electrons. The molecule has 4 heteroatoms. The molecule has 0 fully saturated rings. The van der Waals surface area contributed by atoms with Crippen LogP contribution in [0.5, 0.6) is 0 Å². The molecular weight excluding hydrogens is 351 g/mol. The third kappa shape index (κ3) is 5.62. The first-order valence-electron chi connectivity index (χ1n) is 8.71. The molecule has 3 rings (SSSR count). The molecule has 0 aliphatic heterocycles. The molecule has 0 saturated carbocycles. The number of unbranched alkanes of at least 4 members (excludes halogenated alkanes) is 2. The molecule has 0 atom stereocenters. The maximum atomic E-state index is 6.24. The van der Waals surface area contributed by atoms with Gasteiger partial charge in [0.1, 0.15) is 5.82 Å². The van der Waals surface area contributed by atoms with Crippen molar-refractivity contribution in [3.05, 3.63) is 87.4 Å². The van der Waals surface area contributed by atoms with Gasteiger partial charge in [-0.05, 0) is 42.5 Å². The first-order chi connectivity index (χ1) is 12.2. The summed E-state index contributed by atoms with van der Waals surface area (Å²) in [6, 6.07) is 16.3. The summed E-state index contributed by atoms with van der Waals surface area (Å²) in [5, 5.41) is 1.36. The van der Waals surface area contributed by atoms with Gasteiger partial charge in [0.05, 0.1) is 0 Å². The van der Waals surface area contributed by atoms with Crippen molar-refractivity contribution in [2.75, 3.05) is 0 Å². The van der Waals surface area contributed by atoms with Crippen molar-refractivity contribution in [3.8, 4) is 0 Å². The SMILES string of the molecule is Clc1ccc(Cc2cnc(CCCCCc3ccccc3)[nH]2)c(Cl)c1. The minimum absolute atomic E-state index is 0.662. The van der Waals surface area contributed by atoms with Crippen LogP contribution in [0.25, 0.3) is 0 Å². The molecule has 0 saturated heterocycles. The second-order valence-corrected chi connectivity index (χ2v) is 7.16. The lowest BCUT2D eigenvalue weighted by Gasteiger charge is -2.03. The first kappa shape index (κ1) is 18.0. The zero-order valence-corrected chi connectivity index (χ0v) is 15.7. The van der Waals surface area contributed by atoms with Gasteiger partial charge in [-0.25, -0.2) is 4.98 Å². The van der Waals surface area contributed by atoms with E-state index in [-0.39, 0.29) is 0 Å².